The van der Waals surface area contributed by atoms with Gasteiger partial charge >= 0.3 is 12.0 Å². The normalized spacial score (nSPS) is 24.5. The van der Waals surface area contributed by atoms with Gasteiger partial charge in [0.1, 0.15) is 12.1 Å². The average Bonchev–Trinajstić information content (AvgIpc) is 2.94. The average molecular weight is 436 g/mol. The molecule has 1 saturated carbocycles. The van der Waals surface area contributed by atoms with Crippen LogP contribution in [-0.4, -0.2) is 47.9 Å². The molecular formula is C21H26ClN3O5. The third kappa shape index (κ3) is 4.75. The fourth-order valence-electron chi connectivity index (χ4n) is 3.99. The standard InChI is InChI=1S/C21H26ClN3O5/c1-13-7-9-21(10-8-13)19(28)25(20(29)24-21)12-17(26)23-16(11-18(27)30-2)14-3-5-15(22)6-4-14/h3-6,13,16H,7-12H2,1-2H3,(H,23,26)(H,24,29). The summed E-state index contributed by atoms with van der Waals surface area (Å²) in [6.45, 7) is 1.71. The van der Waals surface area contributed by atoms with E-state index < -0.39 is 36.0 Å². The Balaban J connectivity index is 1.68. The maximum Gasteiger partial charge on any atom is 0.325 e. The lowest BCUT2D eigenvalue weighted by atomic mass is 9.77. The van der Waals surface area contributed by atoms with Crippen LogP contribution in [0.15, 0.2) is 24.3 Å². The number of esters is 1. The molecule has 2 fully saturated rings. The van der Waals surface area contributed by atoms with Gasteiger partial charge in [-0.3, -0.25) is 19.3 Å². The smallest absolute Gasteiger partial charge is 0.325 e. The van der Waals surface area contributed by atoms with Crippen molar-refractivity contribution >= 4 is 35.4 Å². The molecule has 1 atom stereocenters. The summed E-state index contributed by atoms with van der Waals surface area (Å²) in [5.74, 6) is -0.884. The molecule has 1 aliphatic carbocycles. The maximum atomic E-state index is 12.9. The van der Waals surface area contributed by atoms with Crippen molar-refractivity contribution in [2.45, 2.75) is 50.6 Å². The zero-order valence-corrected chi connectivity index (χ0v) is 17.8. The van der Waals surface area contributed by atoms with Crippen LogP contribution < -0.4 is 10.6 Å². The van der Waals surface area contributed by atoms with Crippen LogP contribution >= 0.6 is 11.6 Å². The molecule has 0 aromatic heterocycles. The molecule has 1 aromatic rings. The van der Waals surface area contributed by atoms with Crippen molar-refractivity contribution < 1.29 is 23.9 Å². The van der Waals surface area contributed by atoms with Crippen LogP contribution in [0.5, 0.6) is 0 Å². The number of nitrogens with zero attached hydrogens (tertiary/aromatic N) is 1. The van der Waals surface area contributed by atoms with E-state index >= 15 is 0 Å². The first-order valence-electron chi connectivity index (χ1n) is 10.00. The van der Waals surface area contributed by atoms with E-state index in [2.05, 4.69) is 17.6 Å². The second-order valence-corrected chi connectivity index (χ2v) is 8.47. The number of urea groups is 1. The van der Waals surface area contributed by atoms with Gasteiger partial charge in [-0.2, -0.15) is 0 Å². The van der Waals surface area contributed by atoms with E-state index in [0.717, 1.165) is 17.7 Å². The molecule has 4 amide bonds. The number of benzene rings is 1. The predicted octanol–water partition coefficient (Wildman–Crippen LogP) is 2.56. The van der Waals surface area contributed by atoms with Crippen molar-refractivity contribution in [3.63, 3.8) is 0 Å². The van der Waals surface area contributed by atoms with Gasteiger partial charge in [0.25, 0.3) is 5.91 Å². The minimum Gasteiger partial charge on any atom is -0.469 e. The largest absolute Gasteiger partial charge is 0.469 e. The SMILES string of the molecule is COC(=O)CC(NC(=O)CN1C(=O)NC2(CCC(C)CC2)C1=O)c1ccc(Cl)cc1. The van der Waals surface area contributed by atoms with E-state index in [1.807, 2.05) is 0 Å². The van der Waals surface area contributed by atoms with E-state index in [-0.39, 0.29) is 12.3 Å². The van der Waals surface area contributed by atoms with E-state index in [1.165, 1.54) is 7.11 Å². The molecule has 9 heteroatoms. The Bertz CT molecular complexity index is 834. The quantitative estimate of drug-likeness (QED) is 0.527. The van der Waals surface area contributed by atoms with Gasteiger partial charge in [0.15, 0.2) is 0 Å². The number of hydrogen-bond acceptors (Lipinski definition) is 5. The number of amides is 4. The van der Waals surface area contributed by atoms with Gasteiger partial charge in [0, 0.05) is 5.02 Å². The molecule has 1 unspecified atom stereocenters. The predicted molar refractivity (Wildman–Crippen MR) is 110 cm³/mol. The Morgan fingerprint density at radius 2 is 1.90 bits per heavy atom. The highest BCUT2D eigenvalue weighted by atomic mass is 35.5. The summed E-state index contributed by atoms with van der Waals surface area (Å²) in [5, 5.41) is 6.05. The van der Waals surface area contributed by atoms with Crippen LogP contribution in [0, 0.1) is 5.92 Å². The van der Waals surface area contributed by atoms with Crippen LogP contribution in [0.25, 0.3) is 0 Å². The van der Waals surface area contributed by atoms with Gasteiger partial charge in [-0.25, -0.2) is 4.79 Å². The highest BCUT2D eigenvalue weighted by Crippen LogP contribution is 2.36. The third-order valence-corrected chi connectivity index (χ3v) is 6.13. The number of nitrogens with one attached hydrogen (secondary N) is 2. The van der Waals surface area contributed by atoms with Crippen LogP contribution in [0.1, 0.15) is 50.6 Å². The Labute approximate surface area is 180 Å². The van der Waals surface area contributed by atoms with Crippen molar-refractivity contribution in [1.29, 1.82) is 0 Å². The molecule has 1 aromatic carbocycles. The van der Waals surface area contributed by atoms with Crippen LogP contribution in [0.2, 0.25) is 5.02 Å². The number of halogens is 1. The number of hydrogen-bond donors (Lipinski definition) is 2. The molecule has 1 aliphatic heterocycles. The molecule has 2 aliphatic rings. The van der Waals surface area contributed by atoms with Gasteiger partial charge in [0.05, 0.1) is 19.6 Å². The van der Waals surface area contributed by atoms with Crippen molar-refractivity contribution in [3.05, 3.63) is 34.9 Å². The summed E-state index contributed by atoms with van der Waals surface area (Å²) in [6.07, 6.45) is 2.76. The Kier molecular flexibility index (Phi) is 6.65. The topological polar surface area (TPSA) is 105 Å². The fourth-order valence-corrected chi connectivity index (χ4v) is 4.12. The summed E-state index contributed by atoms with van der Waals surface area (Å²) in [5.41, 5.74) is -0.237. The number of methoxy groups -OCH3 is 1. The number of carbonyl (C=O) groups is 4. The molecule has 30 heavy (non-hydrogen) atoms. The number of rotatable bonds is 6. The van der Waals surface area contributed by atoms with Crippen LogP contribution in [-0.2, 0) is 19.1 Å². The number of ether oxygens (including phenoxy) is 1. The third-order valence-electron chi connectivity index (χ3n) is 5.88. The van der Waals surface area contributed by atoms with E-state index in [4.69, 9.17) is 16.3 Å². The zero-order chi connectivity index (χ0) is 21.9. The Hall–Kier alpha value is -2.61. The van der Waals surface area contributed by atoms with Gasteiger partial charge in [-0.1, -0.05) is 30.7 Å². The molecule has 1 heterocycles. The van der Waals surface area contributed by atoms with Crippen LogP contribution in [0.3, 0.4) is 0 Å². The zero-order valence-electron chi connectivity index (χ0n) is 17.1. The van der Waals surface area contributed by atoms with Crippen LogP contribution in [0.4, 0.5) is 4.79 Å². The second kappa shape index (κ2) is 9.04. The van der Waals surface area contributed by atoms with Crippen molar-refractivity contribution in [2.24, 2.45) is 5.92 Å². The van der Waals surface area contributed by atoms with E-state index in [0.29, 0.717) is 29.3 Å². The van der Waals surface area contributed by atoms with Crippen molar-refractivity contribution in [1.82, 2.24) is 15.5 Å². The first-order chi connectivity index (χ1) is 14.2. The molecule has 0 radical (unpaired) electrons. The Morgan fingerprint density at radius 3 is 2.50 bits per heavy atom. The first kappa shape index (κ1) is 22.1. The van der Waals surface area contributed by atoms with Gasteiger partial charge in [0.2, 0.25) is 5.91 Å². The highest BCUT2D eigenvalue weighted by molar-refractivity contribution is 6.30. The monoisotopic (exact) mass is 435 g/mol. The number of imide groups is 1. The summed E-state index contributed by atoms with van der Waals surface area (Å²) in [4.78, 5) is 50.8. The van der Waals surface area contributed by atoms with E-state index in [9.17, 15) is 19.2 Å². The molecule has 0 bridgehead atoms. The summed E-state index contributed by atoms with van der Waals surface area (Å²) < 4.78 is 4.71. The minimum atomic E-state index is -0.897. The van der Waals surface area contributed by atoms with Gasteiger partial charge in [-0.05, 0) is 49.3 Å². The van der Waals surface area contributed by atoms with Crippen molar-refractivity contribution in [2.75, 3.05) is 13.7 Å². The van der Waals surface area contributed by atoms with Gasteiger partial charge < -0.3 is 15.4 Å². The molecule has 162 valence electrons. The molecule has 2 N–H and O–H groups in total. The molecule has 3 rings (SSSR count). The van der Waals surface area contributed by atoms with Gasteiger partial charge in [-0.15, -0.1) is 0 Å². The molecule has 8 nitrogen and oxygen atoms in total. The lowest BCUT2D eigenvalue weighted by Crippen LogP contribution is -2.50. The summed E-state index contributed by atoms with van der Waals surface area (Å²) in [6, 6.07) is 5.47. The van der Waals surface area contributed by atoms with Crippen molar-refractivity contribution in [3.8, 4) is 0 Å². The maximum absolute atomic E-state index is 12.9. The molecule has 1 spiro atoms. The first-order valence-corrected chi connectivity index (χ1v) is 10.4. The van der Waals surface area contributed by atoms with E-state index in [1.54, 1.807) is 24.3 Å². The number of carbonyl (C=O) groups excluding carboxylic acids is 4. The lowest BCUT2D eigenvalue weighted by Gasteiger charge is -2.33. The highest BCUT2D eigenvalue weighted by Gasteiger charge is 2.52. The fraction of sp³-hybridized carbons (Fsp3) is 0.524. The Morgan fingerprint density at radius 1 is 1.27 bits per heavy atom. The minimum absolute atomic E-state index is 0.0914. The molecular weight excluding hydrogens is 410 g/mol. The lowest BCUT2D eigenvalue weighted by molar-refractivity contribution is -0.141. The summed E-state index contributed by atoms with van der Waals surface area (Å²) in [7, 11) is 1.26. The second-order valence-electron chi connectivity index (χ2n) is 8.04. The molecule has 1 saturated heterocycles. The summed E-state index contributed by atoms with van der Waals surface area (Å²) >= 11 is 5.91.